The maximum Gasteiger partial charge on any atom is 0.338 e. The monoisotopic (exact) mass is 471 g/mol. The molecule has 1 heterocycles. The number of hydrogen-bond acceptors (Lipinski definition) is 6. The zero-order valence-electron chi connectivity index (χ0n) is 20.2. The molecule has 0 saturated carbocycles. The number of aliphatic imine (C=N–C) groups is 1. The molecule has 1 aliphatic rings. The first kappa shape index (κ1) is 24.3. The third-order valence-electron chi connectivity index (χ3n) is 5.67. The van der Waals surface area contributed by atoms with Crippen LogP contribution in [-0.2, 0) is 20.8 Å². The lowest BCUT2D eigenvalue weighted by Gasteiger charge is -2.14. The van der Waals surface area contributed by atoms with Crippen LogP contribution in [0.15, 0.2) is 77.8 Å². The lowest BCUT2D eigenvalue weighted by atomic mass is 9.90. The highest BCUT2D eigenvalue weighted by Crippen LogP contribution is 2.37. The maximum absolute atomic E-state index is 13.2. The number of hydrogen-bond donors (Lipinski definition) is 1. The van der Waals surface area contributed by atoms with Crippen molar-refractivity contribution in [2.24, 2.45) is 4.99 Å². The summed E-state index contributed by atoms with van der Waals surface area (Å²) in [6.45, 7) is 1.33. The number of anilines is 1. The first-order chi connectivity index (χ1) is 17.0. The summed E-state index contributed by atoms with van der Waals surface area (Å²) in [6.07, 6.45) is 0. The smallest absolute Gasteiger partial charge is 0.338 e. The summed E-state index contributed by atoms with van der Waals surface area (Å²) in [5.41, 5.74) is 5.20. The Kier molecular flexibility index (Phi) is 7.70. The predicted octanol–water partition coefficient (Wildman–Crippen LogP) is 4.41. The van der Waals surface area contributed by atoms with E-state index in [1.54, 1.807) is 25.3 Å². The van der Waals surface area contributed by atoms with Crippen LogP contribution >= 0.6 is 0 Å². The van der Waals surface area contributed by atoms with Crippen LogP contribution in [0.1, 0.15) is 33.0 Å². The molecule has 0 fully saturated rings. The minimum atomic E-state index is -0.604. The van der Waals surface area contributed by atoms with Crippen LogP contribution in [-0.4, -0.2) is 56.9 Å². The van der Waals surface area contributed by atoms with Gasteiger partial charge in [-0.3, -0.25) is 9.79 Å². The Morgan fingerprint density at radius 3 is 2.40 bits per heavy atom. The second-order valence-corrected chi connectivity index (χ2v) is 8.62. The van der Waals surface area contributed by atoms with Gasteiger partial charge >= 0.3 is 5.97 Å². The van der Waals surface area contributed by atoms with Crippen LogP contribution in [0, 0.1) is 0 Å². The Morgan fingerprint density at radius 2 is 1.71 bits per heavy atom. The van der Waals surface area contributed by atoms with Crippen molar-refractivity contribution in [3.63, 3.8) is 0 Å². The Morgan fingerprint density at radius 1 is 0.971 bits per heavy atom. The van der Waals surface area contributed by atoms with Gasteiger partial charge in [0.1, 0.15) is 12.5 Å². The molecular weight excluding hydrogens is 442 g/mol. The Labute approximate surface area is 205 Å². The predicted molar refractivity (Wildman–Crippen MR) is 136 cm³/mol. The largest absolute Gasteiger partial charge is 0.460 e. The summed E-state index contributed by atoms with van der Waals surface area (Å²) in [5, 5.41) is 2.92. The average molecular weight is 472 g/mol. The number of amides is 1. The zero-order valence-corrected chi connectivity index (χ0v) is 20.2. The molecule has 4 rings (SSSR count). The Balaban J connectivity index is 1.68. The first-order valence-corrected chi connectivity index (χ1v) is 11.4. The van der Waals surface area contributed by atoms with Crippen LogP contribution in [0.4, 0.5) is 11.4 Å². The van der Waals surface area contributed by atoms with E-state index >= 15 is 0 Å². The molecule has 1 aliphatic heterocycles. The lowest BCUT2D eigenvalue weighted by molar-refractivity contribution is -0.115. The van der Waals surface area contributed by atoms with Gasteiger partial charge in [0.05, 0.1) is 23.6 Å². The number of carbonyl (C=O) groups excluding carboxylic acids is 2. The summed E-state index contributed by atoms with van der Waals surface area (Å²) in [6, 6.07) is 22.8. The lowest BCUT2D eigenvalue weighted by Crippen LogP contribution is -2.21. The van der Waals surface area contributed by atoms with Crippen LogP contribution in [0.2, 0.25) is 0 Å². The number of fused-ring (bicyclic) bond motifs is 1. The van der Waals surface area contributed by atoms with Crippen molar-refractivity contribution in [3.8, 4) is 0 Å². The van der Waals surface area contributed by atoms with E-state index in [1.807, 2.05) is 68.7 Å². The maximum atomic E-state index is 13.2. The highest BCUT2D eigenvalue weighted by Gasteiger charge is 2.36. The molecule has 1 N–H and O–H groups in total. The highest BCUT2D eigenvalue weighted by molar-refractivity contribution is 6.24. The van der Waals surface area contributed by atoms with Crippen molar-refractivity contribution in [2.75, 3.05) is 39.7 Å². The molecule has 0 aliphatic carbocycles. The van der Waals surface area contributed by atoms with E-state index in [2.05, 4.69) is 10.2 Å². The number of esters is 1. The van der Waals surface area contributed by atoms with E-state index in [9.17, 15) is 9.59 Å². The molecule has 0 radical (unpaired) electrons. The van der Waals surface area contributed by atoms with E-state index in [1.165, 1.54) is 5.56 Å². The summed E-state index contributed by atoms with van der Waals surface area (Å²) in [5.74, 6) is -1.25. The van der Waals surface area contributed by atoms with Crippen LogP contribution in [0.3, 0.4) is 0 Å². The second kappa shape index (κ2) is 11.1. The summed E-state index contributed by atoms with van der Waals surface area (Å²) < 4.78 is 10.1. The molecule has 0 spiro atoms. The fraction of sp³-hybridized carbons (Fsp3) is 0.250. The quantitative estimate of drug-likeness (QED) is 0.284. The second-order valence-electron chi connectivity index (χ2n) is 8.62. The minimum absolute atomic E-state index is 0.166. The molecule has 0 bridgehead atoms. The SMILES string of the molecule is COCCOC(=O)c1ccc2c(c1)NC(=O)C2C(=Nc1ccc(CN(C)C)cc1)c1ccccc1. The van der Waals surface area contributed by atoms with E-state index in [0.29, 0.717) is 23.6 Å². The summed E-state index contributed by atoms with van der Waals surface area (Å²) in [7, 11) is 5.60. The Bertz CT molecular complexity index is 1220. The fourth-order valence-corrected chi connectivity index (χ4v) is 4.05. The molecular formula is C28H29N3O4. The molecule has 0 aromatic heterocycles. The standard InChI is InChI=1S/C28H29N3O4/c1-31(2)18-19-9-12-22(13-10-19)29-26(20-7-5-4-6-8-20)25-23-14-11-21(17-24(23)30-27(25)32)28(33)35-16-15-34-3/h4-14,17,25H,15-16,18H2,1-3H3,(H,30,32). The van der Waals surface area contributed by atoms with Gasteiger partial charge in [0.15, 0.2) is 0 Å². The number of rotatable bonds is 9. The van der Waals surface area contributed by atoms with Crippen LogP contribution in [0.5, 0.6) is 0 Å². The minimum Gasteiger partial charge on any atom is -0.460 e. The van der Waals surface area contributed by atoms with Crippen molar-refractivity contribution in [1.29, 1.82) is 0 Å². The normalized spacial score (nSPS) is 15.1. The van der Waals surface area contributed by atoms with Crippen molar-refractivity contribution in [2.45, 2.75) is 12.5 Å². The average Bonchev–Trinajstić information content (AvgIpc) is 3.18. The number of methoxy groups -OCH3 is 1. The van der Waals surface area contributed by atoms with Crippen LogP contribution < -0.4 is 5.32 Å². The number of ether oxygens (including phenoxy) is 2. The molecule has 35 heavy (non-hydrogen) atoms. The summed E-state index contributed by atoms with van der Waals surface area (Å²) in [4.78, 5) is 32.6. The molecule has 1 amide bonds. The van der Waals surface area contributed by atoms with E-state index in [-0.39, 0.29) is 12.5 Å². The molecule has 3 aromatic carbocycles. The number of nitrogens with zero attached hydrogens (tertiary/aromatic N) is 2. The van der Waals surface area contributed by atoms with E-state index < -0.39 is 11.9 Å². The van der Waals surface area contributed by atoms with Gasteiger partial charge in [-0.05, 0) is 55.1 Å². The van der Waals surface area contributed by atoms with Crippen molar-refractivity contribution >= 4 is 29.0 Å². The number of nitrogens with one attached hydrogen (secondary N) is 1. The molecule has 0 saturated heterocycles. The van der Waals surface area contributed by atoms with Gasteiger partial charge in [-0.25, -0.2) is 4.79 Å². The molecule has 7 heteroatoms. The van der Waals surface area contributed by atoms with Gasteiger partial charge in [-0.2, -0.15) is 0 Å². The third-order valence-corrected chi connectivity index (χ3v) is 5.67. The van der Waals surface area contributed by atoms with Gasteiger partial charge in [0.2, 0.25) is 5.91 Å². The molecule has 180 valence electrons. The van der Waals surface area contributed by atoms with Gasteiger partial charge in [-0.15, -0.1) is 0 Å². The van der Waals surface area contributed by atoms with E-state index in [4.69, 9.17) is 14.5 Å². The number of carbonyl (C=O) groups is 2. The van der Waals surface area contributed by atoms with Gasteiger partial charge in [0.25, 0.3) is 0 Å². The van der Waals surface area contributed by atoms with Gasteiger partial charge in [-0.1, -0.05) is 48.5 Å². The molecule has 3 aromatic rings. The molecule has 1 atom stereocenters. The van der Waals surface area contributed by atoms with Crippen molar-refractivity contribution < 1.29 is 19.1 Å². The van der Waals surface area contributed by atoms with Crippen molar-refractivity contribution in [3.05, 3.63) is 95.1 Å². The number of benzene rings is 3. The van der Waals surface area contributed by atoms with Crippen LogP contribution in [0.25, 0.3) is 0 Å². The fourth-order valence-electron chi connectivity index (χ4n) is 4.05. The molecule has 1 unspecified atom stereocenters. The van der Waals surface area contributed by atoms with Crippen molar-refractivity contribution in [1.82, 2.24) is 4.90 Å². The molecule has 7 nitrogen and oxygen atoms in total. The summed E-state index contributed by atoms with van der Waals surface area (Å²) >= 11 is 0. The zero-order chi connectivity index (χ0) is 24.8. The van der Waals surface area contributed by atoms with Gasteiger partial charge < -0.3 is 19.7 Å². The first-order valence-electron chi connectivity index (χ1n) is 11.4. The topological polar surface area (TPSA) is 80.2 Å². The van der Waals surface area contributed by atoms with E-state index in [0.717, 1.165) is 23.4 Å². The van der Waals surface area contributed by atoms with Gasteiger partial charge in [0, 0.05) is 19.3 Å². The third kappa shape index (κ3) is 5.82. The Hall–Kier alpha value is -3.81. The highest BCUT2D eigenvalue weighted by atomic mass is 16.6.